The fourth-order valence-corrected chi connectivity index (χ4v) is 1.92. The second kappa shape index (κ2) is 5.87. The van der Waals surface area contributed by atoms with E-state index >= 15 is 0 Å². The van der Waals surface area contributed by atoms with Gasteiger partial charge in [-0.3, -0.25) is 4.79 Å². The lowest BCUT2D eigenvalue weighted by Gasteiger charge is -2.11. The van der Waals surface area contributed by atoms with Crippen molar-refractivity contribution >= 4 is 23.3 Å². The molecule has 0 saturated heterocycles. The van der Waals surface area contributed by atoms with Crippen molar-refractivity contribution in [1.82, 2.24) is 19.7 Å². The molecule has 0 aliphatic rings. The largest absolute Gasteiger partial charge is 0.366 e. The Kier molecular flexibility index (Phi) is 4.19. The SMILES string of the molecule is CC(C)n1cnnc1CNc1ncc(C(N)=O)cc1Cl. The zero-order valence-corrected chi connectivity index (χ0v) is 11.9. The first-order valence-corrected chi connectivity index (χ1v) is 6.44. The average Bonchev–Trinajstić information content (AvgIpc) is 2.85. The molecule has 0 aromatic carbocycles. The minimum absolute atomic E-state index is 0.266. The maximum absolute atomic E-state index is 11.0. The summed E-state index contributed by atoms with van der Waals surface area (Å²) in [7, 11) is 0. The Morgan fingerprint density at radius 2 is 2.30 bits per heavy atom. The Hall–Kier alpha value is -2.15. The van der Waals surface area contributed by atoms with Gasteiger partial charge in [-0.2, -0.15) is 0 Å². The minimum atomic E-state index is -0.564. The van der Waals surface area contributed by atoms with Gasteiger partial charge in [-0.1, -0.05) is 11.6 Å². The van der Waals surface area contributed by atoms with Crippen LogP contribution in [0.1, 0.15) is 36.1 Å². The molecule has 0 atom stereocenters. The van der Waals surface area contributed by atoms with E-state index in [0.29, 0.717) is 17.4 Å². The first-order chi connectivity index (χ1) is 9.49. The zero-order valence-electron chi connectivity index (χ0n) is 11.2. The molecule has 0 saturated carbocycles. The average molecular weight is 295 g/mol. The van der Waals surface area contributed by atoms with Crippen molar-refractivity contribution in [3.8, 4) is 0 Å². The van der Waals surface area contributed by atoms with Crippen molar-refractivity contribution in [2.75, 3.05) is 5.32 Å². The van der Waals surface area contributed by atoms with Crippen LogP contribution in [0.25, 0.3) is 0 Å². The number of carbonyl (C=O) groups is 1. The molecule has 1 amide bonds. The highest BCUT2D eigenvalue weighted by Crippen LogP contribution is 2.20. The van der Waals surface area contributed by atoms with Gasteiger partial charge >= 0.3 is 0 Å². The number of hydrogen-bond acceptors (Lipinski definition) is 5. The maximum atomic E-state index is 11.0. The number of anilines is 1. The standard InChI is InChI=1S/C12H15ClN6O/c1-7(2)19-6-17-18-10(19)5-16-12-9(13)3-8(4-15-12)11(14)20/h3-4,6-7H,5H2,1-2H3,(H2,14,20)(H,15,16). The predicted molar refractivity (Wildman–Crippen MR) is 75.5 cm³/mol. The first kappa shape index (κ1) is 14.3. The van der Waals surface area contributed by atoms with Gasteiger partial charge in [0.1, 0.15) is 12.1 Å². The van der Waals surface area contributed by atoms with Gasteiger partial charge in [0.05, 0.1) is 17.1 Å². The number of hydrogen-bond donors (Lipinski definition) is 2. The number of nitrogens with two attached hydrogens (primary N) is 1. The summed E-state index contributed by atoms with van der Waals surface area (Å²) in [5.74, 6) is 0.678. The molecule has 8 heteroatoms. The molecule has 2 heterocycles. The summed E-state index contributed by atoms with van der Waals surface area (Å²) in [5.41, 5.74) is 5.43. The molecule has 0 aliphatic carbocycles. The fraction of sp³-hybridized carbons (Fsp3) is 0.333. The molecule has 106 valence electrons. The fourth-order valence-electron chi connectivity index (χ4n) is 1.69. The van der Waals surface area contributed by atoms with Crippen molar-refractivity contribution in [1.29, 1.82) is 0 Å². The molecular formula is C12H15ClN6O. The van der Waals surface area contributed by atoms with Crippen LogP contribution in [0.2, 0.25) is 5.02 Å². The molecule has 20 heavy (non-hydrogen) atoms. The van der Waals surface area contributed by atoms with Gasteiger partial charge in [-0.05, 0) is 19.9 Å². The van der Waals surface area contributed by atoms with E-state index < -0.39 is 5.91 Å². The summed E-state index contributed by atoms with van der Waals surface area (Å²) in [6.45, 7) is 4.51. The first-order valence-electron chi connectivity index (χ1n) is 6.06. The molecule has 0 aliphatic heterocycles. The quantitative estimate of drug-likeness (QED) is 0.873. The molecule has 2 aromatic heterocycles. The van der Waals surface area contributed by atoms with E-state index in [1.807, 2.05) is 18.4 Å². The lowest BCUT2D eigenvalue weighted by molar-refractivity contribution is 0.1000. The second-order valence-electron chi connectivity index (χ2n) is 4.52. The third-order valence-corrected chi connectivity index (χ3v) is 3.03. The third-order valence-electron chi connectivity index (χ3n) is 2.74. The van der Waals surface area contributed by atoms with Crippen LogP contribution in [0, 0.1) is 0 Å². The van der Waals surface area contributed by atoms with Gasteiger partial charge in [0.2, 0.25) is 5.91 Å². The highest BCUT2D eigenvalue weighted by Gasteiger charge is 2.10. The summed E-state index contributed by atoms with van der Waals surface area (Å²) in [6, 6.07) is 1.74. The van der Waals surface area contributed by atoms with Crippen LogP contribution in [-0.4, -0.2) is 25.7 Å². The van der Waals surface area contributed by atoms with Crippen LogP contribution in [0.15, 0.2) is 18.6 Å². The summed E-state index contributed by atoms with van der Waals surface area (Å²) in [4.78, 5) is 15.1. The van der Waals surface area contributed by atoms with Gasteiger partial charge in [-0.25, -0.2) is 4.98 Å². The van der Waals surface area contributed by atoms with E-state index in [1.54, 1.807) is 6.33 Å². The van der Waals surface area contributed by atoms with Crippen LogP contribution in [-0.2, 0) is 6.54 Å². The lowest BCUT2D eigenvalue weighted by Crippen LogP contribution is -2.13. The number of halogens is 1. The third kappa shape index (κ3) is 3.05. The van der Waals surface area contributed by atoms with Gasteiger partial charge in [0.25, 0.3) is 0 Å². The van der Waals surface area contributed by atoms with Gasteiger partial charge < -0.3 is 15.6 Å². The number of rotatable bonds is 5. The van der Waals surface area contributed by atoms with Crippen LogP contribution < -0.4 is 11.1 Å². The summed E-state index contributed by atoms with van der Waals surface area (Å²) >= 11 is 6.04. The molecular weight excluding hydrogens is 280 g/mol. The Bertz CT molecular complexity index is 624. The highest BCUT2D eigenvalue weighted by atomic mass is 35.5. The molecule has 0 bridgehead atoms. The predicted octanol–water partition coefficient (Wildman–Crippen LogP) is 1.62. The lowest BCUT2D eigenvalue weighted by atomic mass is 10.2. The van der Waals surface area contributed by atoms with Crippen LogP contribution in [0.3, 0.4) is 0 Å². The maximum Gasteiger partial charge on any atom is 0.250 e. The number of nitrogens with zero attached hydrogens (tertiary/aromatic N) is 4. The van der Waals surface area contributed by atoms with Gasteiger partial charge in [0.15, 0.2) is 5.82 Å². The molecule has 2 rings (SSSR count). The second-order valence-corrected chi connectivity index (χ2v) is 4.93. The molecule has 3 N–H and O–H groups in total. The number of aromatic nitrogens is 4. The minimum Gasteiger partial charge on any atom is -0.366 e. The van der Waals surface area contributed by atoms with E-state index in [4.69, 9.17) is 17.3 Å². The molecule has 0 fully saturated rings. The van der Waals surface area contributed by atoms with E-state index in [0.717, 1.165) is 5.82 Å². The van der Waals surface area contributed by atoms with E-state index in [9.17, 15) is 4.79 Å². The number of primary amides is 1. The number of carbonyl (C=O) groups excluding carboxylic acids is 1. The van der Waals surface area contributed by atoms with Gasteiger partial charge in [-0.15, -0.1) is 10.2 Å². The Balaban J connectivity index is 2.11. The number of nitrogens with one attached hydrogen (secondary N) is 1. The van der Waals surface area contributed by atoms with E-state index in [2.05, 4.69) is 20.5 Å². The highest BCUT2D eigenvalue weighted by molar-refractivity contribution is 6.33. The zero-order chi connectivity index (χ0) is 14.7. The van der Waals surface area contributed by atoms with Crippen molar-refractivity contribution < 1.29 is 4.79 Å². The monoisotopic (exact) mass is 294 g/mol. The van der Waals surface area contributed by atoms with Crippen molar-refractivity contribution in [3.05, 3.63) is 35.0 Å². The summed E-state index contributed by atoms with van der Waals surface area (Å²) in [5, 5.41) is 11.3. The molecule has 0 unspecified atom stereocenters. The molecule has 0 spiro atoms. The number of pyridine rings is 1. The van der Waals surface area contributed by atoms with Crippen molar-refractivity contribution in [2.24, 2.45) is 5.73 Å². The normalized spacial score (nSPS) is 10.8. The van der Waals surface area contributed by atoms with Gasteiger partial charge in [0, 0.05) is 12.2 Å². The molecule has 7 nitrogen and oxygen atoms in total. The van der Waals surface area contributed by atoms with Crippen LogP contribution >= 0.6 is 11.6 Å². The van der Waals surface area contributed by atoms with E-state index in [-0.39, 0.29) is 11.6 Å². The smallest absolute Gasteiger partial charge is 0.250 e. The number of amides is 1. The summed E-state index contributed by atoms with van der Waals surface area (Å²) < 4.78 is 1.94. The Morgan fingerprint density at radius 1 is 1.55 bits per heavy atom. The Morgan fingerprint density at radius 3 is 2.90 bits per heavy atom. The molecule has 0 radical (unpaired) electrons. The summed E-state index contributed by atoms with van der Waals surface area (Å²) in [6.07, 6.45) is 3.05. The van der Waals surface area contributed by atoms with Crippen molar-refractivity contribution in [2.45, 2.75) is 26.4 Å². The molecule has 2 aromatic rings. The topological polar surface area (TPSA) is 98.7 Å². The van der Waals surface area contributed by atoms with E-state index in [1.165, 1.54) is 12.3 Å². The van der Waals surface area contributed by atoms with Crippen LogP contribution in [0.4, 0.5) is 5.82 Å². The van der Waals surface area contributed by atoms with Crippen molar-refractivity contribution in [3.63, 3.8) is 0 Å². The Labute approximate surface area is 121 Å². The van der Waals surface area contributed by atoms with Crippen LogP contribution in [0.5, 0.6) is 0 Å².